The Morgan fingerprint density at radius 3 is 2.88 bits per heavy atom. The number of fused-ring (bicyclic) bond motifs is 1. The summed E-state index contributed by atoms with van der Waals surface area (Å²) in [6.45, 7) is 2.85. The molecule has 0 spiro atoms. The summed E-state index contributed by atoms with van der Waals surface area (Å²) in [5.41, 5.74) is 7.71. The van der Waals surface area contributed by atoms with E-state index >= 15 is 0 Å². The molecule has 1 aromatic heterocycles. The molecule has 0 radical (unpaired) electrons. The van der Waals surface area contributed by atoms with Gasteiger partial charge in [0.25, 0.3) is 0 Å². The zero-order valence-electron chi connectivity index (χ0n) is 10.6. The molecule has 0 bridgehead atoms. The van der Waals surface area contributed by atoms with Gasteiger partial charge in [-0.2, -0.15) is 0 Å². The lowest BCUT2D eigenvalue weighted by molar-refractivity contribution is 0.415. The van der Waals surface area contributed by atoms with Gasteiger partial charge in [-0.25, -0.2) is 4.98 Å². The van der Waals surface area contributed by atoms with E-state index in [9.17, 15) is 0 Å². The lowest BCUT2D eigenvalue weighted by Gasteiger charge is -2.09. The molecular formula is C13H19N3O. The number of aromatic nitrogens is 2. The van der Waals surface area contributed by atoms with Crippen molar-refractivity contribution < 1.29 is 4.74 Å². The number of hydrogen-bond acceptors (Lipinski definition) is 3. The third kappa shape index (κ3) is 2.13. The van der Waals surface area contributed by atoms with E-state index in [0.29, 0.717) is 12.5 Å². The van der Waals surface area contributed by atoms with Crippen LogP contribution in [0, 0.1) is 0 Å². The normalized spacial score (nSPS) is 12.9. The van der Waals surface area contributed by atoms with Crippen molar-refractivity contribution in [3.63, 3.8) is 0 Å². The molecule has 4 nitrogen and oxygen atoms in total. The maximum absolute atomic E-state index is 5.60. The average molecular weight is 233 g/mol. The molecule has 0 fully saturated rings. The maximum Gasteiger partial charge on any atom is 0.121 e. The van der Waals surface area contributed by atoms with Gasteiger partial charge < -0.3 is 15.0 Å². The number of rotatable bonds is 4. The standard InChI is InChI=1S/C13H19N3O/c1-9(6-7-14)13-15-11-8-10(17-3)4-5-12(11)16(13)2/h4-5,8-9H,6-7,14H2,1-3H3. The van der Waals surface area contributed by atoms with Crippen LogP contribution in [0.3, 0.4) is 0 Å². The van der Waals surface area contributed by atoms with Crippen LogP contribution in [0.2, 0.25) is 0 Å². The van der Waals surface area contributed by atoms with E-state index in [1.165, 1.54) is 0 Å². The van der Waals surface area contributed by atoms with Gasteiger partial charge in [-0.15, -0.1) is 0 Å². The van der Waals surface area contributed by atoms with Crippen molar-refractivity contribution in [3.05, 3.63) is 24.0 Å². The highest BCUT2D eigenvalue weighted by molar-refractivity contribution is 5.77. The first kappa shape index (κ1) is 11.9. The predicted octanol–water partition coefficient (Wildman–Crippen LogP) is 2.03. The van der Waals surface area contributed by atoms with Crippen LogP contribution in [0.25, 0.3) is 11.0 Å². The van der Waals surface area contributed by atoms with Crippen molar-refractivity contribution in [2.24, 2.45) is 12.8 Å². The Morgan fingerprint density at radius 2 is 2.24 bits per heavy atom. The van der Waals surface area contributed by atoms with E-state index < -0.39 is 0 Å². The SMILES string of the molecule is COc1ccc2c(c1)nc(C(C)CCN)n2C. The van der Waals surface area contributed by atoms with E-state index in [4.69, 9.17) is 10.5 Å². The minimum Gasteiger partial charge on any atom is -0.497 e. The van der Waals surface area contributed by atoms with Crippen LogP contribution < -0.4 is 10.5 Å². The van der Waals surface area contributed by atoms with Crippen LogP contribution >= 0.6 is 0 Å². The molecule has 0 aliphatic heterocycles. The molecule has 17 heavy (non-hydrogen) atoms. The molecule has 1 heterocycles. The molecule has 4 heteroatoms. The zero-order valence-corrected chi connectivity index (χ0v) is 10.6. The number of benzene rings is 1. The third-order valence-corrected chi connectivity index (χ3v) is 3.16. The van der Waals surface area contributed by atoms with Gasteiger partial charge >= 0.3 is 0 Å². The van der Waals surface area contributed by atoms with Gasteiger partial charge in [0.05, 0.1) is 18.1 Å². The lowest BCUT2D eigenvalue weighted by atomic mass is 10.1. The fourth-order valence-electron chi connectivity index (χ4n) is 2.15. The van der Waals surface area contributed by atoms with Gasteiger partial charge in [0.15, 0.2) is 0 Å². The maximum atomic E-state index is 5.60. The molecule has 2 N–H and O–H groups in total. The fourth-order valence-corrected chi connectivity index (χ4v) is 2.15. The quantitative estimate of drug-likeness (QED) is 0.879. The zero-order chi connectivity index (χ0) is 12.4. The van der Waals surface area contributed by atoms with Crippen LogP contribution in [0.4, 0.5) is 0 Å². The topological polar surface area (TPSA) is 53.1 Å². The summed E-state index contributed by atoms with van der Waals surface area (Å²) in [7, 11) is 3.71. The Labute approximate surface area is 101 Å². The molecule has 0 saturated heterocycles. The first-order valence-corrected chi connectivity index (χ1v) is 5.87. The number of hydrogen-bond donors (Lipinski definition) is 1. The number of methoxy groups -OCH3 is 1. The Hall–Kier alpha value is -1.55. The lowest BCUT2D eigenvalue weighted by Crippen LogP contribution is -2.08. The van der Waals surface area contributed by atoms with Gasteiger partial charge in [0, 0.05) is 19.0 Å². The van der Waals surface area contributed by atoms with Crippen molar-refractivity contribution in [2.75, 3.05) is 13.7 Å². The highest BCUT2D eigenvalue weighted by Gasteiger charge is 2.14. The minimum absolute atomic E-state index is 0.378. The summed E-state index contributed by atoms with van der Waals surface area (Å²) >= 11 is 0. The number of ether oxygens (including phenoxy) is 1. The monoisotopic (exact) mass is 233 g/mol. The molecule has 1 unspecified atom stereocenters. The summed E-state index contributed by atoms with van der Waals surface area (Å²) in [4.78, 5) is 4.67. The summed E-state index contributed by atoms with van der Waals surface area (Å²) in [6.07, 6.45) is 0.953. The Morgan fingerprint density at radius 1 is 1.47 bits per heavy atom. The smallest absolute Gasteiger partial charge is 0.121 e. The fraction of sp³-hybridized carbons (Fsp3) is 0.462. The minimum atomic E-state index is 0.378. The second-order valence-corrected chi connectivity index (χ2v) is 4.36. The number of nitrogens with two attached hydrogens (primary N) is 1. The Balaban J connectivity index is 2.48. The van der Waals surface area contributed by atoms with Gasteiger partial charge in [-0.1, -0.05) is 6.92 Å². The molecule has 0 amide bonds. The Kier molecular flexibility index (Phi) is 3.33. The molecule has 0 aliphatic carbocycles. The van der Waals surface area contributed by atoms with E-state index in [1.807, 2.05) is 25.2 Å². The first-order valence-electron chi connectivity index (χ1n) is 5.87. The average Bonchev–Trinajstić information content (AvgIpc) is 2.66. The molecule has 92 valence electrons. The third-order valence-electron chi connectivity index (χ3n) is 3.16. The molecule has 1 aromatic carbocycles. The van der Waals surface area contributed by atoms with Gasteiger partial charge in [0.1, 0.15) is 11.6 Å². The second kappa shape index (κ2) is 4.75. The molecular weight excluding hydrogens is 214 g/mol. The van der Waals surface area contributed by atoms with Crippen LogP contribution in [0.15, 0.2) is 18.2 Å². The van der Waals surface area contributed by atoms with E-state index in [0.717, 1.165) is 29.0 Å². The second-order valence-electron chi connectivity index (χ2n) is 4.36. The van der Waals surface area contributed by atoms with Crippen molar-refractivity contribution in [1.82, 2.24) is 9.55 Å². The number of nitrogens with zero attached hydrogens (tertiary/aromatic N) is 2. The molecule has 2 aromatic rings. The number of imidazole rings is 1. The van der Waals surface area contributed by atoms with Crippen LogP contribution in [0.5, 0.6) is 5.75 Å². The molecule has 2 rings (SSSR count). The van der Waals surface area contributed by atoms with E-state index in [1.54, 1.807) is 7.11 Å². The van der Waals surface area contributed by atoms with Gasteiger partial charge in [-0.05, 0) is 25.1 Å². The van der Waals surface area contributed by atoms with Crippen molar-refractivity contribution in [3.8, 4) is 5.75 Å². The largest absolute Gasteiger partial charge is 0.497 e. The Bertz CT molecular complexity index is 519. The predicted molar refractivity (Wildman–Crippen MR) is 69.4 cm³/mol. The summed E-state index contributed by atoms with van der Waals surface area (Å²) < 4.78 is 7.34. The molecule has 0 saturated carbocycles. The molecule has 1 atom stereocenters. The highest BCUT2D eigenvalue weighted by atomic mass is 16.5. The van der Waals surface area contributed by atoms with Crippen molar-refractivity contribution in [2.45, 2.75) is 19.3 Å². The van der Waals surface area contributed by atoms with Crippen LogP contribution in [0.1, 0.15) is 25.1 Å². The highest BCUT2D eigenvalue weighted by Crippen LogP contribution is 2.25. The van der Waals surface area contributed by atoms with E-state index in [-0.39, 0.29) is 0 Å². The first-order chi connectivity index (χ1) is 8.17. The summed E-state index contributed by atoms with van der Waals surface area (Å²) in [6, 6.07) is 5.97. The van der Waals surface area contributed by atoms with Crippen LogP contribution in [-0.4, -0.2) is 23.2 Å². The summed E-state index contributed by atoms with van der Waals surface area (Å²) in [5.74, 6) is 2.30. The van der Waals surface area contributed by atoms with Gasteiger partial charge in [-0.3, -0.25) is 0 Å². The summed E-state index contributed by atoms with van der Waals surface area (Å²) in [5, 5.41) is 0. The van der Waals surface area contributed by atoms with Crippen molar-refractivity contribution in [1.29, 1.82) is 0 Å². The number of aryl methyl sites for hydroxylation is 1. The van der Waals surface area contributed by atoms with Crippen LogP contribution in [-0.2, 0) is 7.05 Å². The van der Waals surface area contributed by atoms with Crippen molar-refractivity contribution >= 4 is 11.0 Å². The molecule has 0 aliphatic rings. The van der Waals surface area contributed by atoms with E-state index in [2.05, 4.69) is 16.5 Å². The van der Waals surface area contributed by atoms with Gasteiger partial charge in [0.2, 0.25) is 0 Å².